The third-order valence-electron chi connectivity index (χ3n) is 3.82. The summed E-state index contributed by atoms with van der Waals surface area (Å²) >= 11 is 0. The van der Waals surface area contributed by atoms with Gasteiger partial charge in [-0.25, -0.2) is 4.79 Å². The summed E-state index contributed by atoms with van der Waals surface area (Å²) in [5.41, 5.74) is 2.25. The lowest BCUT2D eigenvalue weighted by Crippen LogP contribution is -2.43. The maximum Gasteiger partial charge on any atom is 0.317 e. The van der Waals surface area contributed by atoms with Gasteiger partial charge in [-0.15, -0.1) is 0 Å². The minimum Gasteiger partial charge on any atom is -0.395 e. The Balaban J connectivity index is 2.15. The van der Waals surface area contributed by atoms with Crippen molar-refractivity contribution in [1.82, 2.24) is 10.2 Å². The lowest BCUT2D eigenvalue weighted by molar-refractivity contribution is 0.177. The molecule has 2 rings (SSSR count). The molecule has 1 atom stereocenters. The molecule has 0 heterocycles. The average Bonchev–Trinajstić information content (AvgIpc) is 2.60. The van der Waals surface area contributed by atoms with E-state index in [9.17, 15) is 4.79 Å². The number of aliphatic hydroxyl groups is 1. The topological polar surface area (TPSA) is 52.6 Å². The Morgan fingerprint density at radius 2 is 1.70 bits per heavy atom. The second-order valence-corrected chi connectivity index (χ2v) is 5.41. The average molecular weight is 312 g/mol. The maximum atomic E-state index is 12.4. The first-order valence-corrected chi connectivity index (χ1v) is 7.99. The molecule has 0 aromatic heterocycles. The number of aliphatic hydroxyl groups excluding tert-OH is 1. The first kappa shape index (κ1) is 17.0. The van der Waals surface area contributed by atoms with Crippen LogP contribution in [-0.4, -0.2) is 35.7 Å². The van der Waals surface area contributed by atoms with E-state index in [-0.39, 0.29) is 18.7 Å². The molecule has 4 heteroatoms. The quantitative estimate of drug-likeness (QED) is 0.826. The van der Waals surface area contributed by atoms with Crippen molar-refractivity contribution in [3.8, 4) is 0 Å². The number of nitrogens with one attached hydrogen (secondary N) is 1. The van der Waals surface area contributed by atoms with Crippen molar-refractivity contribution in [1.29, 1.82) is 0 Å². The van der Waals surface area contributed by atoms with Gasteiger partial charge in [-0.3, -0.25) is 0 Å². The van der Waals surface area contributed by atoms with Crippen LogP contribution in [0.1, 0.15) is 24.1 Å². The van der Waals surface area contributed by atoms with Crippen LogP contribution in [0.5, 0.6) is 0 Å². The highest BCUT2D eigenvalue weighted by Crippen LogP contribution is 2.18. The fourth-order valence-electron chi connectivity index (χ4n) is 2.55. The van der Waals surface area contributed by atoms with Crippen LogP contribution in [-0.2, 0) is 6.42 Å². The number of likely N-dealkylation sites (N-methyl/N-ethyl adjacent to an activating group) is 1. The molecule has 2 N–H and O–H groups in total. The van der Waals surface area contributed by atoms with Crippen LogP contribution < -0.4 is 5.32 Å². The van der Waals surface area contributed by atoms with E-state index in [0.29, 0.717) is 13.1 Å². The summed E-state index contributed by atoms with van der Waals surface area (Å²) in [7, 11) is 0. The Kier molecular flexibility index (Phi) is 6.63. The van der Waals surface area contributed by atoms with E-state index in [1.165, 1.54) is 5.56 Å². The molecule has 0 saturated carbocycles. The van der Waals surface area contributed by atoms with Gasteiger partial charge in [0.25, 0.3) is 0 Å². The van der Waals surface area contributed by atoms with Gasteiger partial charge in [-0.2, -0.15) is 0 Å². The number of urea groups is 1. The summed E-state index contributed by atoms with van der Waals surface area (Å²) in [6.45, 7) is 2.79. The van der Waals surface area contributed by atoms with E-state index < -0.39 is 0 Å². The molecule has 2 aromatic carbocycles. The summed E-state index contributed by atoms with van der Waals surface area (Å²) in [6.07, 6.45) is 0.729. The molecule has 0 saturated heterocycles. The Hall–Kier alpha value is -2.33. The largest absolute Gasteiger partial charge is 0.395 e. The van der Waals surface area contributed by atoms with Crippen LogP contribution in [0.2, 0.25) is 0 Å². The van der Waals surface area contributed by atoms with E-state index in [4.69, 9.17) is 5.11 Å². The molecule has 4 nitrogen and oxygen atoms in total. The molecule has 0 aliphatic heterocycles. The predicted octanol–water partition coefficient (Wildman–Crippen LogP) is 2.99. The van der Waals surface area contributed by atoms with Crippen LogP contribution in [0.15, 0.2) is 60.7 Å². The highest BCUT2D eigenvalue weighted by Gasteiger charge is 2.18. The number of rotatable bonds is 7. The summed E-state index contributed by atoms with van der Waals surface area (Å²) in [5, 5.41) is 12.2. The Morgan fingerprint density at radius 3 is 2.26 bits per heavy atom. The Morgan fingerprint density at radius 1 is 1.09 bits per heavy atom. The van der Waals surface area contributed by atoms with Crippen LogP contribution in [0, 0.1) is 0 Å². The molecule has 122 valence electrons. The lowest BCUT2D eigenvalue weighted by atomic mass is 9.99. The highest BCUT2D eigenvalue weighted by molar-refractivity contribution is 5.74. The van der Waals surface area contributed by atoms with Crippen LogP contribution >= 0.6 is 0 Å². The van der Waals surface area contributed by atoms with Gasteiger partial charge in [0.05, 0.1) is 12.6 Å². The normalized spacial score (nSPS) is 11.7. The van der Waals surface area contributed by atoms with E-state index in [1.807, 2.05) is 55.5 Å². The molecule has 0 spiro atoms. The van der Waals surface area contributed by atoms with Gasteiger partial charge in [-0.05, 0) is 24.5 Å². The Labute approximate surface area is 137 Å². The van der Waals surface area contributed by atoms with E-state index in [0.717, 1.165) is 12.0 Å². The minimum absolute atomic E-state index is 0.0318. The molecule has 2 amide bonds. The molecule has 2 aromatic rings. The van der Waals surface area contributed by atoms with Gasteiger partial charge in [-0.1, -0.05) is 60.7 Å². The van der Waals surface area contributed by atoms with Crippen molar-refractivity contribution in [3.63, 3.8) is 0 Å². The molecule has 0 radical (unpaired) electrons. The SMILES string of the molecule is CCN(CCO)C(=O)NC(Cc1ccccc1)c1ccccc1. The first-order valence-electron chi connectivity index (χ1n) is 7.99. The number of hydrogen-bond donors (Lipinski definition) is 2. The third kappa shape index (κ3) is 5.11. The summed E-state index contributed by atoms with van der Waals surface area (Å²) < 4.78 is 0. The zero-order chi connectivity index (χ0) is 16.5. The molecule has 0 aliphatic rings. The highest BCUT2D eigenvalue weighted by atomic mass is 16.3. The molecule has 1 unspecified atom stereocenters. The van der Waals surface area contributed by atoms with Crippen LogP contribution in [0.4, 0.5) is 4.79 Å². The second-order valence-electron chi connectivity index (χ2n) is 5.41. The van der Waals surface area contributed by atoms with Crippen molar-refractivity contribution in [3.05, 3.63) is 71.8 Å². The van der Waals surface area contributed by atoms with Crippen LogP contribution in [0.25, 0.3) is 0 Å². The molecular weight excluding hydrogens is 288 g/mol. The van der Waals surface area contributed by atoms with Crippen molar-refractivity contribution >= 4 is 6.03 Å². The molecule has 0 bridgehead atoms. The predicted molar refractivity (Wildman–Crippen MR) is 92.2 cm³/mol. The summed E-state index contributed by atoms with van der Waals surface area (Å²) in [6, 6.07) is 19.8. The number of nitrogens with zero attached hydrogens (tertiary/aromatic N) is 1. The van der Waals surface area contributed by atoms with E-state index in [2.05, 4.69) is 17.4 Å². The van der Waals surface area contributed by atoms with Gasteiger partial charge >= 0.3 is 6.03 Å². The molecular formula is C19H24N2O2. The smallest absolute Gasteiger partial charge is 0.317 e. The fourth-order valence-corrected chi connectivity index (χ4v) is 2.55. The molecule has 0 fully saturated rings. The zero-order valence-electron chi connectivity index (χ0n) is 13.5. The van der Waals surface area contributed by atoms with Gasteiger partial charge in [0, 0.05) is 13.1 Å². The molecule has 23 heavy (non-hydrogen) atoms. The number of benzene rings is 2. The van der Waals surface area contributed by atoms with Crippen molar-refractivity contribution in [2.45, 2.75) is 19.4 Å². The third-order valence-corrected chi connectivity index (χ3v) is 3.82. The second kappa shape index (κ2) is 8.96. The van der Waals surface area contributed by atoms with Gasteiger partial charge in [0.15, 0.2) is 0 Å². The standard InChI is InChI=1S/C19H24N2O2/c1-2-21(13-14-22)19(23)20-18(17-11-7-4-8-12-17)15-16-9-5-3-6-10-16/h3-12,18,22H,2,13-15H2,1H3,(H,20,23). The van der Waals surface area contributed by atoms with Gasteiger partial charge in [0.1, 0.15) is 0 Å². The molecule has 0 aliphatic carbocycles. The van der Waals surface area contributed by atoms with E-state index in [1.54, 1.807) is 4.90 Å². The number of carbonyl (C=O) groups excluding carboxylic acids is 1. The minimum atomic E-state index is -0.147. The zero-order valence-corrected chi connectivity index (χ0v) is 13.5. The lowest BCUT2D eigenvalue weighted by Gasteiger charge is -2.25. The van der Waals surface area contributed by atoms with Gasteiger partial charge < -0.3 is 15.3 Å². The number of hydrogen-bond acceptors (Lipinski definition) is 2. The summed E-state index contributed by atoms with van der Waals surface area (Å²) in [5.74, 6) is 0. The monoisotopic (exact) mass is 312 g/mol. The fraction of sp³-hybridized carbons (Fsp3) is 0.316. The van der Waals surface area contributed by atoms with Crippen LogP contribution in [0.3, 0.4) is 0 Å². The van der Waals surface area contributed by atoms with Crippen molar-refractivity contribution in [2.24, 2.45) is 0 Å². The number of carbonyl (C=O) groups is 1. The van der Waals surface area contributed by atoms with Crippen molar-refractivity contribution in [2.75, 3.05) is 19.7 Å². The van der Waals surface area contributed by atoms with Gasteiger partial charge in [0.2, 0.25) is 0 Å². The number of amides is 2. The maximum absolute atomic E-state index is 12.4. The van der Waals surface area contributed by atoms with E-state index >= 15 is 0 Å². The first-order chi connectivity index (χ1) is 11.2. The summed E-state index contributed by atoms with van der Waals surface area (Å²) in [4.78, 5) is 14.1. The van der Waals surface area contributed by atoms with Crippen molar-refractivity contribution < 1.29 is 9.90 Å². The Bertz CT molecular complexity index is 587.